The van der Waals surface area contributed by atoms with E-state index in [-0.39, 0.29) is 5.91 Å². The van der Waals surface area contributed by atoms with Crippen LogP contribution in [0.2, 0.25) is 0 Å². The van der Waals surface area contributed by atoms with Crippen LogP contribution >= 0.6 is 0 Å². The first-order valence-corrected chi connectivity index (χ1v) is 10.2. The third-order valence-electron chi connectivity index (χ3n) is 5.31. The van der Waals surface area contributed by atoms with Gasteiger partial charge in [-0.2, -0.15) is 0 Å². The molecule has 0 spiro atoms. The number of carbonyl (C=O) groups excluding carboxylic acids is 1. The molecule has 0 atom stereocenters. The Morgan fingerprint density at radius 2 is 1.96 bits per heavy atom. The average Bonchev–Trinajstić information content (AvgIpc) is 3.38. The Kier molecular flexibility index (Phi) is 5.28. The Labute approximate surface area is 165 Å². The second kappa shape index (κ2) is 8.00. The molecule has 2 aromatic heterocycles. The second-order valence-corrected chi connectivity index (χ2v) is 7.31. The molecular formula is C22H27N5O. The minimum atomic E-state index is 0.164. The highest BCUT2D eigenvalue weighted by Crippen LogP contribution is 2.25. The predicted molar refractivity (Wildman–Crippen MR) is 112 cm³/mol. The van der Waals surface area contributed by atoms with Crippen molar-refractivity contribution in [1.82, 2.24) is 19.4 Å². The van der Waals surface area contributed by atoms with E-state index < -0.39 is 0 Å². The fraction of sp³-hybridized carbons (Fsp3) is 0.409. The molecule has 0 radical (unpaired) electrons. The van der Waals surface area contributed by atoms with Gasteiger partial charge in [0.1, 0.15) is 12.1 Å². The molecular weight excluding hydrogens is 350 g/mol. The smallest absolute Gasteiger partial charge is 0.255 e. The lowest BCUT2D eigenvalue weighted by atomic mass is 10.1. The van der Waals surface area contributed by atoms with Crippen molar-refractivity contribution < 1.29 is 4.79 Å². The van der Waals surface area contributed by atoms with Crippen LogP contribution in [0.1, 0.15) is 49.0 Å². The molecule has 1 N–H and O–H groups in total. The summed E-state index contributed by atoms with van der Waals surface area (Å²) >= 11 is 0. The Balaban J connectivity index is 1.75. The number of nitrogens with zero attached hydrogens (tertiary/aromatic N) is 4. The molecule has 3 aromatic rings. The summed E-state index contributed by atoms with van der Waals surface area (Å²) in [6, 6.07) is 6.15. The lowest BCUT2D eigenvalue weighted by molar-refractivity contribution is 0.0792. The van der Waals surface area contributed by atoms with Crippen LogP contribution in [0.25, 0.3) is 16.6 Å². The van der Waals surface area contributed by atoms with E-state index in [9.17, 15) is 4.79 Å². The maximum Gasteiger partial charge on any atom is 0.255 e. The van der Waals surface area contributed by atoms with E-state index in [0.717, 1.165) is 78.9 Å². The number of benzene rings is 1. The maximum atomic E-state index is 13.0. The van der Waals surface area contributed by atoms with Crippen LogP contribution in [0.15, 0.2) is 36.9 Å². The summed E-state index contributed by atoms with van der Waals surface area (Å²) in [5.74, 6) is 1.00. The third-order valence-corrected chi connectivity index (χ3v) is 5.31. The monoisotopic (exact) mass is 377 g/mol. The number of hydrogen-bond donors (Lipinski definition) is 1. The van der Waals surface area contributed by atoms with Crippen molar-refractivity contribution in [2.24, 2.45) is 0 Å². The summed E-state index contributed by atoms with van der Waals surface area (Å²) in [5.41, 5.74) is 3.87. The number of likely N-dealkylation sites (tertiary alicyclic amines) is 1. The van der Waals surface area contributed by atoms with Crippen molar-refractivity contribution in [2.45, 2.75) is 39.5 Å². The molecule has 0 aliphatic carbocycles. The normalized spacial score (nSPS) is 14.0. The lowest BCUT2D eigenvalue weighted by Crippen LogP contribution is -2.28. The third kappa shape index (κ3) is 3.46. The molecule has 146 valence electrons. The summed E-state index contributed by atoms with van der Waals surface area (Å²) in [6.07, 6.45) is 9.80. The van der Waals surface area contributed by atoms with Crippen molar-refractivity contribution in [3.8, 4) is 5.69 Å². The molecule has 0 unspecified atom stereocenters. The van der Waals surface area contributed by atoms with Crippen molar-refractivity contribution in [3.63, 3.8) is 0 Å². The van der Waals surface area contributed by atoms with E-state index in [1.54, 1.807) is 6.33 Å². The highest BCUT2D eigenvalue weighted by Gasteiger charge is 2.23. The number of aromatic nitrogens is 3. The molecule has 6 nitrogen and oxygen atoms in total. The Morgan fingerprint density at radius 1 is 1.14 bits per heavy atom. The van der Waals surface area contributed by atoms with E-state index in [0.29, 0.717) is 0 Å². The van der Waals surface area contributed by atoms with Gasteiger partial charge in [0.2, 0.25) is 0 Å². The summed E-state index contributed by atoms with van der Waals surface area (Å²) in [7, 11) is 0. The van der Waals surface area contributed by atoms with Crippen molar-refractivity contribution in [1.29, 1.82) is 0 Å². The summed E-state index contributed by atoms with van der Waals surface area (Å²) in [4.78, 5) is 23.7. The van der Waals surface area contributed by atoms with Gasteiger partial charge >= 0.3 is 0 Å². The first-order chi connectivity index (χ1) is 13.7. The molecule has 6 heteroatoms. The second-order valence-electron chi connectivity index (χ2n) is 7.31. The zero-order chi connectivity index (χ0) is 19.5. The van der Waals surface area contributed by atoms with E-state index in [1.807, 2.05) is 23.2 Å². The lowest BCUT2D eigenvalue weighted by Gasteiger charge is -2.15. The summed E-state index contributed by atoms with van der Waals surface area (Å²) in [6.45, 7) is 6.74. The van der Waals surface area contributed by atoms with Crippen LogP contribution < -0.4 is 5.32 Å². The van der Waals surface area contributed by atoms with Crippen LogP contribution in [0.4, 0.5) is 5.82 Å². The number of nitrogens with one attached hydrogen (secondary N) is 1. The van der Waals surface area contributed by atoms with Gasteiger partial charge in [-0.05, 0) is 49.9 Å². The fourth-order valence-corrected chi connectivity index (χ4v) is 3.91. The largest absolute Gasteiger partial charge is 0.370 e. The average molecular weight is 377 g/mol. The molecule has 1 aliphatic heterocycles. The molecule has 1 amide bonds. The first kappa shape index (κ1) is 18.5. The van der Waals surface area contributed by atoms with Gasteiger partial charge in [0.25, 0.3) is 5.91 Å². The van der Waals surface area contributed by atoms with E-state index in [2.05, 4.69) is 46.0 Å². The van der Waals surface area contributed by atoms with Crippen LogP contribution in [-0.2, 0) is 6.42 Å². The van der Waals surface area contributed by atoms with Gasteiger partial charge in [0, 0.05) is 43.1 Å². The van der Waals surface area contributed by atoms with Crippen molar-refractivity contribution in [2.75, 3.05) is 25.0 Å². The van der Waals surface area contributed by atoms with Gasteiger partial charge in [0.15, 0.2) is 0 Å². The number of aryl methyl sites for hydroxylation is 1. The molecule has 1 aromatic carbocycles. The molecule has 3 heterocycles. The highest BCUT2D eigenvalue weighted by molar-refractivity contribution is 5.96. The van der Waals surface area contributed by atoms with Crippen LogP contribution in [-0.4, -0.2) is 45.0 Å². The van der Waals surface area contributed by atoms with Crippen LogP contribution in [0.3, 0.4) is 0 Å². The number of amides is 1. The van der Waals surface area contributed by atoms with Gasteiger partial charge in [-0.3, -0.25) is 4.79 Å². The zero-order valence-corrected chi connectivity index (χ0v) is 16.6. The standard InChI is InChI=1S/C22H27N5O/c1-3-7-16-13-27(14-19(16)22(28)26-10-5-6-11-26)17-8-9-20-18(12-17)21(23-4-2)25-15-24-20/h8-9,12-15H,3-7,10-11H2,1-2H3,(H,23,24,25). The van der Waals surface area contributed by atoms with E-state index >= 15 is 0 Å². The van der Waals surface area contributed by atoms with Gasteiger partial charge in [0.05, 0.1) is 11.1 Å². The Bertz CT molecular complexity index is 988. The maximum absolute atomic E-state index is 13.0. The number of hydrogen-bond acceptors (Lipinski definition) is 4. The van der Waals surface area contributed by atoms with Crippen molar-refractivity contribution >= 4 is 22.6 Å². The molecule has 0 saturated carbocycles. The molecule has 1 aliphatic rings. The topological polar surface area (TPSA) is 63.1 Å². The quantitative estimate of drug-likeness (QED) is 0.704. The Morgan fingerprint density at radius 3 is 2.71 bits per heavy atom. The minimum Gasteiger partial charge on any atom is -0.370 e. The molecule has 1 fully saturated rings. The van der Waals surface area contributed by atoms with Crippen molar-refractivity contribution in [3.05, 3.63) is 48.0 Å². The minimum absolute atomic E-state index is 0.164. The van der Waals surface area contributed by atoms with E-state index in [4.69, 9.17) is 0 Å². The van der Waals surface area contributed by atoms with Gasteiger partial charge in [-0.15, -0.1) is 0 Å². The van der Waals surface area contributed by atoms with Gasteiger partial charge < -0.3 is 14.8 Å². The SMILES string of the molecule is CCCc1cn(-c2ccc3ncnc(NCC)c3c2)cc1C(=O)N1CCCC1. The van der Waals surface area contributed by atoms with Crippen LogP contribution in [0.5, 0.6) is 0 Å². The first-order valence-electron chi connectivity index (χ1n) is 10.2. The van der Waals surface area contributed by atoms with Gasteiger partial charge in [-0.25, -0.2) is 9.97 Å². The van der Waals surface area contributed by atoms with E-state index in [1.165, 1.54) is 0 Å². The number of fused-ring (bicyclic) bond motifs is 1. The number of rotatable bonds is 6. The summed E-state index contributed by atoms with van der Waals surface area (Å²) in [5, 5.41) is 4.29. The molecule has 4 rings (SSSR count). The molecule has 0 bridgehead atoms. The number of anilines is 1. The number of carbonyl (C=O) groups is 1. The zero-order valence-electron chi connectivity index (χ0n) is 16.6. The van der Waals surface area contributed by atoms with Crippen LogP contribution in [0, 0.1) is 0 Å². The molecule has 1 saturated heterocycles. The predicted octanol–water partition coefficient (Wildman–Crippen LogP) is 4.04. The molecule has 28 heavy (non-hydrogen) atoms. The Hall–Kier alpha value is -2.89. The van der Waals surface area contributed by atoms with Gasteiger partial charge in [-0.1, -0.05) is 13.3 Å². The fourth-order valence-electron chi connectivity index (χ4n) is 3.91. The highest BCUT2D eigenvalue weighted by atomic mass is 16.2. The summed E-state index contributed by atoms with van der Waals surface area (Å²) < 4.78 is 2.07.